The van der Waals surface area contributed by atoms with E-state index in [1.165, 1.54) is 0 Å². The highest BCUT2D eigenvalue weighted by molar-refractivity contribution is 7.86. The van der Waals surface area contributed by atoms with Gasteiger partial charge >= 0.3 is 0 Å². The third kappa shape index (κ3) is 31.4. The number of thiol groups is 1. The van der Waals surface area contributed by atoms with Crippen LogP contribution in [0.2, 0.25) is 0 Å². The van der Waals surface area contributed by atoms with Gasteiger partial charge in [-0.15, -0.1) is 12.6 Å². The summed E-state index contributed by atoms with van der Waals surface area (Å²) in [5.41, 5.74) is 0. The quantitative estimate of drug-likeness (QED) is 0.434. The second-order valence-corrected chi connectivity index (χ2v) is 1.64. The number of rotatable bonds is 0. The van der Waals surface area contributed by atoms with E-state index in [-0.39, 0.29) is 0 Å². The van der Waals surface area contributed by atoms with E-state index in [1.807, 2.05) is 0 Å². The Bertz CT molecular complexity index is 29.0. The van der Waals surface area contributed by atoms with Crippen molar-refractivity contribution in [3.63, 3.8) is 0 Å². The summed E-state index contributed by atoms with van der Waals surface area (Å²) in [6, 6.07) is 0. The Hall–Kier alpha value is 0.380. The van der Waals surface area contributed by atoms with Gasteiger partial charge in [-0.05, 0) is 0 Å². The molecule has 0 spiro atoms. The summed E-state index contributed by atoms with van der Waals surface area (Å²) in [4.78, 5) is 0. The van der Waals surface area contributed by atoms with Gasteiger partial charge in [0.15, 0.2) is 0 Å². The molecule has 0 saturated carbocycles. The van der Waals surface area contributed by atoms with Crippen molar-refractivity contribution >= 4 is 24.2 Å². The molecule has 0 aliphatic rings. The fourth-order valence-corrected chi connectivity index (χ4v) is 0. The summed E-state index contributed by atoms with van der Waals surface area (Å²) < 4.78 is 0.333. The van der Waals surface area contributed by atoms with Gasteiger partial charge in [-0.3, -0.25) is 0 Å². The van der Waals surface area contributed by atoms with Crippen LogP contribution in [0.4, 0.5) is 0 Å². The Morgan fingerprint density at radius 3 is 2.00 bits per heavy atom. The first-order chi connectivity index (χ1) is 1.73. The molecule has 0 rings (SSSR count). The zero-order chi connectivity index (χ0) is 3.58. The van der Waals surface area contributed by atoms with Gasteiger partial charge in [0.1, 0.15) is 0 Å². The summed E-state index contributed by atoms with van der Waals surface area (Å²) in [5.74, 6) is 0. The average molecular weight is 94.6 g/mol. The molecule has 0 fully saturated rings. The molecule has 0 aliphatic heterocycles. The van der Waals surface area contributed by atoms with Gasteiger partial charge in [-0.25, -0.2) is 0 Å². The fraction of sp³-hybridized carbons (Fsp3) is 0. The summed E-state index contributed by atoms with van der Waals surface area (Å²) in [5, 5.41) is 0. The number of halogens is 1. The molecule has 0 heterocycles. The second-order valence-electron chi connectivity index (χ2n) is 0.376. The van der Waals surface area contributed by atoms with Crippen molar-refractivity contribution in [2.75, 3.05) is 0 Å². The van der Waals surface area contributed by atoms with Gasteiger partial charge in [0.05, 0.1) is 4.36 Å². The van der Waals surface area contributed by atoms with E-state index in [1.54, 1.807) is 0 Å². The second kappa shape index (κ2) is 1.68. The maximum atomic E-state index is 4.94. The molecule has 4 heavy (non-hydrogen) atoms. The first-order valence-electron chi connectivity index (χ1n) is 0.766. The normalized spacial score (nSPS) is 6.50. The molecule has 24 valence electrons. The van der Waals surface area contributed by atoms with E-state index in [4.69, 9.17) is 11.6 Å². The summed E-state index contributed by atoms with van der Waals surface area (Å²) in [6.45, 7) is 3.19. The Kier molecular flexibility index (Phi) is 1.84. The smallest absolute Gasteiger partial charge is 0.0632 e. The topological polar surface area (TPSA) is 0 Å². The molecule has 0 amide bonds. The zero-order valence-electron chi connectivity index (χ0n) is 2.03. The van der Waals surface area contributed by atoms with Crippen molar-refractivity contribution < 1.29 is 0 Å². The van der Waals surface area contributed by atoms with Crippen LogP contribution >= 0.6 is 24.2 Å². The first kappa shape index (κ1) is 4.38. The highest BCUT2D eigenvalue weighted by Gasteiger charge is 1.57. The summed E-state index contributed by atoms with van der Waals surface area (Å²) in [6.07, 6.45) is 0. The maximum absolute atomic E-state index is 4.94. The summed E-state index contributed by atoms with van der Waals surface area (Å²) in [7, 11) is 0. The van der Waals surface area contributed by atoms with E-state index in [2.05, 4.69) is 19.2 Å². The minimum Gasteiger partial charge on any atom is -0.132 e. The lowest BCUT2D eigenvalue weighted by molar-refractivity contribution is 2.52. The summed E-state index contributed by atoms with van der Waals surface area (Å²) >= 11 is 8.48. The maximum Gasteiger partial charge on any atom is 0.0632 e. The van der Waals surface area contributed by atoms with Crippen LogP contribution in [0.5, 0.6) is 0 Å². The molecule has 0 atom stereocenters. The fourth-order valence-electron chi connectivity index (χ4n) is 0. The molecule has 0 aromatic heterocycles. The van der Waals surface area contributed by atoms with Crippen LogP contribution in [-0.2, 0) is 0 Å². The van der Waals surface area contributed by atoms with Gasteiger partial charge in [0.25, 0.3) is 0 Å². The minimum atomic E-state index is 0.333. The lowest BCUT2D eigenvalue weighted by Crippen LogP contribution is -1.25. The van der Waals surface area contributed by atoms with Crippen LogP contribution in [0.15, 0.2) is 10.9 Å². The molecule has 0 nitrogen and oxygen atoms in total. The predicted octanol–water partition coefficient (Wildman–Crippen LogP) is 1.63. The number of hydrogen-bond acceptors (Lipinski definition) is 1. The van der Waals surface area contributed by atoms with Crippen molar-refractivity contribution in [2.24, 2.45) is 0 Å². The Morgan fingerprint density at radius 2 is 2.00 bits per heavy atom. The van der Waals surface area contributed by atoms with Crippen LogP contribution in [0, 0.1) is 0 Å². The van der Waals surface area contributed by atoms with Crippen molar-refractivity contribution in [2.45, 2.75) is 0 Å². The van der Waals surface area contributed by atoms with E-state index >= 15 is 0 Å². The van der Waals surface area contributed by atoms with Crippen molar-refractivity contribution in [1.29, 1.82) is 0 Å². The monoisotopic (exact) mass is 94.0 g/mol. The number of hydrogen-bond donors (Lipinski definition) is 1. The van der Waals surface area contributed by atoms with Gasteiger partial charge in [0.2, 0.25) is 0 Å². The molecular formula is C2H3ClS. The molecule has 0 saturated heterocycles. The van der Waals surface area contributed by atoms with Crippen LogP contribution in [0.25, 0.3) is 0 Å². The van der Waals surface area contributed by atoms with Crippen LogP contribution in [-0.4, -0.2) is 0 Å². The van der Waals surface area contributed by atoms with Crippen molar-refractivity contribution in [1.82, 2.24) is 0 Å². The van der Waals surface area contributed by atoms with Crippen molar-refractivity contribution in [3.8, 4) is 0 Å². The largest absolute Gasteiger partial charge is 0.132 e. The predicted molar refractivity (Wildman–Crippen MR) is 24.0 cm³/mol. The van der Waals surface area contributed by atoms with Crippen molar-refractivity contribution in [3.05, 3.63) is 10.9 Å². The van der Waals surface area contributed by atoms with E-state index in [0.717, 1.165) is 0 Å². The first-order valence-corrected chi connectivity index (χ1v) is 1.59. The van der Waals surface area contributed by atoms with Gasteiger partial charge in [-0.1, -0.05) is 18.2 Å². The average Bonchev–Trinajstić information content (AvgIpc) is 0.811. The van der Waals surface area contributed by atoms with Gasteiger partial charge in [-0.2, -0.15) is 0 Å². The SMILES string of the molecule is C=C(S)Cl. The molecule has 0 aromatic rings. The molecule has 0 bridgehead atoms. The molecule has 0 aliphatic carbocycles. The molecule has 0 N–H and O–H groups in total. The third-order valence-corrected chi connectivity index (χ3v) is 0. The van der Waals surface area contributed by atoms with E-state index in [9.17, 15) is 0 Å². The highest BCUT2D eigenvalue weighted by atomic mass is 35.5. The Labute approximate surface area is 35.9 Å². The third-order valence-electron chi connectivity index (χ3n) is 0. The lowest BCUT2D eigenvalue weighted by Gasteiger charge is -1.60. The Morgan fingerprint density at radius 1 is 2.00 bits per heavy atom. The van der Waals surface area contributed by atoms with Crippen LogP contribution < -0.4 is 0 Å². The molecule has 0 unspecified atom stereocenters. The van der Waals surface area contributed by atoms with Gasteiger partial charge in [0, 0.05) is 0 Å². The molecule has 2 heteroatoms. The lowest BCUT2D eigenvalue weighted by atomic mass is 11.3. The van der Waals surface area contributed by atoms with Gasteiger partial charge < -0.3 is 0 Å². The van der Waals surface area contributed by atoms with Crippen LogP contribution in [0.3, 0.4) is 0 Å². The van der Waals surface area contributed by atoms with E-state index in [0.29, 0.717) is 4.36 Å². The molecule has 0 aromatic carbocycles. The Balaban J connectivity index is 2.80. The molecular weight excluding hydrogens is 91.5 g/mol. The highest BCUT2D eigenvalue weighted by Crippen LogP contribution is 1.97. The van der Waals surface area contributed by atoms with E-state index < -0.39 is 0 Å². The standard InChI is InChI=1S/C2H3ClS/c1-2(3)4/h4H,1H2. The molecule has 0 radical (unpaired) electrons. The minimum absolute atomic E-state index is 0.333. The van der Waals surface area contributed by atoms with Crippen LogP contribution in [0.1, 0.15) is 0 Å². The zero-order valence-corrected chi connectivity index (χ0v) is 3.68.